The Morgan fingerprint density at radius 3 is 1.55 bits per heavy atom. The SMILES string of the molecule is [Li][c]1ccc2c3ccccc3c3ccccc3c2[c]1[Li]. The summed E-state index contributed by atoms with van der Waals surface area (Å²) in [5.74, 6) is 0. The van der Waals surface area contributed by atoms with E-state index in [1.807, 2.05) is 0 Å². The Morgan fingerprint density at radius 1 is 0.500 bits per heavy atom. The maximum atomic E-state index is 2.27. The van der Waals surface area contributed by atoms with Gasteiger partial charge in [0.2, 0.25) is 0 Å². The molecule has 0 fully saturated rings. The molecule has 4 rings (SSSR count). The predicted molar refractivity (Wildman–Crippen MR) is 89.7 cm³/mol. The van der Waals surface area contributed by atoms with Gasteiger partial charge in [-0.1, -0.05) is 0 Å². The van der Waals surface area contributed by atoms with Crippen LogP contribution in [0.4, 0.5) is 0 Å². The summed E-state index contributed by atoms with van der Waals surface area (Å²) in [7, 11) is 0. The Morgan fingerprint density at radius 2 is 0.950 bits per heavy atom. The van der Waals surface area contributed by atoms with E-state index in [2.05, 4.69) is 96.1 Å². The van der Waals surface area contributed by atoms with Crippen LogP contribution < -0.4 is 8.47 Å². The average molecular weight is 240 g/mol. The van der Waals surface area contributed by atoms with E-state index < -0.39 is 0 Å². The van der Waals surface area contributed by atoms with Crippen LogP contribution in [-0.2, 0) is 0 Å². The van der Waals surface area contributed by atoms with Gasteiger partial charge < -0.3 is 0 Å². The molecule has 0 unspecified atom stereocenters. The van der Waals surface area contributed by atoms with Gasteiger partial charge in [-0.25, -0.2) is 0 Å². The van der Waals surface area contributed by atoms with E-state index in [1.54, 1.807) is 0 Å². The summed E-state index contributed by atoms with van der Waals surface area (Å²) in [6, 6.07) is 22.0. The van der Waals surface area contributed by atoms with E-state index in [-0.39, 0.29) is 0 Å². The van der Waals surface area contributed by atoms with Crippen molar-refractivity contribution in [2.45, 2.75) is 0 Å². The van der Waals surface area contributed by atoms with Crippen molar-refractivity contribution in [1.29, 1.82) is 0 Å². The zero-order valence-electron chi connectivity index (χ0n) is 11.8. The van der Waals surface area contributed by atoms with Gasteiger partial charge in [-0.2, -0.15) is 0 Å². The van der Waals surface area contributed by atoms with E-state index in [0.29, 0.717) is 0 Å². The number of hydrogen-bond donors (Lipinski definition) is 0. The first-order chi connectivity index (χ1) is 9.77. The number of fused-ring (bicyclic) bond motifs is 6. The molecule has 0 aliphatic heterocycles. The second-order valence-electron chi connectivity index (χ2n) is 5.52. The first kappa shape index (κ1) is 12.6. The Hall–Kier alpha value is -1.15. The molecule has 0 radical (unpaired) electrons. The van der Waals surface area contributed by atoms with Crippen LogP contribution in [0.15, 0.2) is 60.7 Å². The molecule has 0 aliphatic carbocycles. The summed E-state index contributed by atoms with van der Waals surface area (Å²) >= 11 is 4.43. The molecule has 0 amide bonds. The number of hydrogen-bond acceptors (Lipinski definition) is 0. The second-order valence-corrected chi connectivity index (χ2v) is 5.52. The van der Waals surface area contributed by atoms with Gasteiger partial charge >= 0.3 is 137 Å². The number of benzene rings is 4. The molecule has 0 spiro atoms. The average Bonchev–Trinajstić information content (AvgIpc) is 2.50. The molecule has 0 aromatic heterocycles. The fourth-order valence-electron chi connectivity index (χ4n) is 3.28. The van der Waals surface area contributed by atoms with Crippen molar-refractivity contribution in [3.8, 4) is 0 Å². The minimum absolute atomic E-state index is 1.35. The van der Waals surface area contributed by atoms with E-state index in [9.17, 15) is 0 Å². The summed E-state index contributed by atoms with van der Waals surface area (Å²) < 4.78 is 2.75. The van der Waals surface area contributed by atoms with Crippen molar-refractivity contribution in [3.05, 3.63) is 60.7 Å². The molecule has 4 aromatic rings. The maximum absolute atomic E-state index is 2.27. The zero-order valence-corrected chi connectivity index (χ0v) is 11.8. The molecular formula is C18H10Li2. The third-order valence-corrected chi connectivity index (χ3v) is 4.44. The van der Waals surface area contributed by atoms with E-state index in [1.165, 1.54) is 40.8 Å². The van der Waals surface area contributed by atoms with Crippen molar-refractivity contribution >= 4 is 76.2 Å². The molecule has 84 valence electrons. The Kier molecular flexibility index (Phi) is 2.96. The quantitative estimate of drug-likeness (QED) is 0.327. The Labute approximate surface area is 136 Å². The molecule has 0 aliphatic rings. The van der Waals surface area contributed by atoms with Crippen LogP contribution in [0.1, 0.15) is 0 Å². The molecule has 0 saturated heterocycles. The van der Waals surface area contributed by atoms with Gasteiger partial charge in [0.25, 0.3) is 0 Å². The van der Waals surface area contributed by atoms with Crippen LogP contribution in [0.25, 0.3) is 32.3 Å². The van der Waals surface area contributed by atoms with Crippen LogP contribution in [0, 0.1) is 0 Å². The van der Waals surface area contributed by atoms with E-state index in [0.717, 1.165) is 0 Å². The monoisotopic (exact) mass is 240 g/mol. The molecule has 0 N–H and O–H groups in total. The van der Waals surface area contributed by atoms with Gasteiger partial charge in [0, 0.05) is 0 Å². The molecule has 0 atom stereocenters. The molecule has 2 heteroatoms. The second kappa shape index (κ2) is 4.70. The van der Waals surface area contributed by atoms with E-state index >= 15 is 0 Å². The molecule has 0 nitrogen and oxygen atoms in total. The van der Waals surface area contributed by atoms with Gasteiger partial charge in [0.1, 0.15) is 0 Å². The number of rotatable bonds is 0. The third kappa shape index (κ3) is 1.70. The summed E-state index contributed by atoms with van der Waals surface area (Å²) in [5, 5.41) is 8.18. The van der Waals surface area contributed by atoms with Crippen molar-refractivity contribution in [3.63, 3.8) is 0 Å². The van der Waals surface area contributed by atoms with Gasteiger partial charge in [0.15, 0.2) is 0 Å². The molecule has 4 aromatic carbocycles. The van der Waals surface area contributed by atoms with Crippen molar-refractivity contribution < 1.29 is 0 Å². The Balaban J connectivity index is 2.46. The predicted octanol–water partition coefficient (Wildman–Crippen LogP) is 2.73. The van der Waals surface area contributed by atoms with Crippen molar-refractivity contribution in [1.82, 2.24) is 0 Å². The van der Waals surface area contributed by atoms with Crippen LogP contribution in [-0.4, -0.2) is 35.4 Å². The fraction of sp³-hybridized carbons (Fsp3) is 0. The fourth-order valence-corrected chi connectivity index (χ4v) is 3.28. The van der Waals surface area contributed by atoms with Crippen LogP contribution in [0.5, 0.6) is 0 Å². The third-order valence-electron chi connectivity index (χ3n) is 4.44. The van der Waals surface area contributed by atoms with Gasteiger partial charge in [0.05, 0.1) is 0 Å². The van der Waals surface area contributed by atoms with Crippen LogP contribution in [0.2, 0.25) is 0 Å². The molecule has 0 heterocycles. The minimum atomic E-state index is 1.35. The van der Waals surface area contributed by atoms with Gasteiger partial charge in [-0.05, 0) is 0 Å². The summed E-state index contributed by atoms with van der Waals surface area (Å²) in [6.07, 6.45) is 0. The molecular weight excluding hydrogens is 230 g/mol. The van der Waals surface area contributed by atoms with Crippen LogP contribution >= 0.6 is 0 Å². The summed E-state index contributed by atoms with van der Waals surface area (Å²) in [4.78, 5) is 0. The summed E-state index contributed by atoms with van der Waals surface area (Å²) in [5.41, 5.74) is 0. The zero-order chi connectivity index (χ0) is 13.7. The van der Waals surface area contributed by atoms with Crippen molar-refractivity contribution in [2.24, 2.45) is 0 Å². The van der Waals surface area contributed by atoms with Gasteiger partial charge in [-0.3, -0.25) is 0 Å². The molecule has 20 heavy (non-hydrogen) atoms. The summed E-state index contributed by atoms with van der Waals surface area (Å²) in [6.45, 7) is 0. The Bertz CT molecular complexity index is 936. The molecule has 0 bridgehead atoms. The van der Waals surface area contributed by atoms with Gasteiger partial charge in [-0.15, -0.1) is 0 Å². The normalized spacial score (nSPS) is 11.6. The van der Waals surface area contributed by atoms with Crippen molar-refractivity contribution in [2.75, 3.05) is 0 Å². The first-order valence-corrected chi connectivity index (χ1v) is 7.07. The first-order valence-electron chi connectivity index (χ1n) is 7.07. The standard InChI is InChI=1S/C18H10.2Li/c1-2-8-14-13(7-1)15-9-3-4-11-17(15)18-12-6-5-10-16(14)18;;/h1-5,7-11H;;. The van der Waals surface area contributed by atoms with E-state index in [4.69, 9.17) is 0 Å². The van der Waals surface area contributed by atoms with Crippen LogP contribution in [0.3, 0.4) is 0 Å². The topological polar surface area (TPSA) is 0 Å². The molecule has 0 saturated carbocycles.